The average Bonchev–Trinajstić information content (AvgIpc) is 3.24. The maximum atomic E-state index is 12.4. The molecule has 1 aromatic heterocycles. The molecule has 1 fully saturated rings. The van der Waals surface area contributed by atoms with Crippen molar-refractivity contribution in [3.05, 3.63) is 70.6 Å². The molecule has 6 heteroatoms. The first-order chi connectivity index (χ1) is 12.6. The van der Waals surface area contributed by atoms with Crippen molar-refractivity contribution >= 4 is 17.5 Å². The average molecular weight is 368 g/mol. The monoisotopic (exact) mass is 367 g/mol. The third kappa shape index (κ3) is 3.35. The predicted octanol–water partition coefficient (Wildman–Crippen LogP) is 4.21. The highest BCUT2D eigenvalue weighted by Gasteiger charge is 2.34. The predicted molar refractivity (Wildman–Crippen MR) is 98.7 cm³/mol. The minimum Gasteiger partial charge on any atom is -0.339 e. The van der Waals surface area contributed by atoms with Gasteiger partial charge in [-0.2, -0.15) is 4.98 Å². The van der Waals surface area contributed by atoms with Gasteiger partial charge in [0.2, 0.25) is 17.6 Å². The first-order valence-electron chi connectivity index (χ1n) is 8.52. The largest absolute Gasteiger partial charge is 0.339 e. The molecule has 2 heterocycles. The van der Waals surface area contributed by atoms with Gasteiger partial charge in [-0.1, -0.05) is 58.7 Å². The van der Waals surface area contributed by atoms with Crippen LogP contribution in [0.5, 0.6) is 0 Å². The van der Waals surface area contributed by atoms with Crippen LogP contribution >= 0.6 is 11.6 Å². The summed E-state index contributed by atoms with van der Waals surface area (Å²) < 4.78 is 5.45. The number of likely N-dealkylation sites (tertiary alicyclic amines) is 1. The molecular weight excluding hydrogens is 350 g/mol. The highest BCUT2D eigenvalue weighted by atomic mass is 35.5. The molecule has 0 N–H and O–H groups in total. The summed E-state index contributed by atoms with van der Waals surface area (Å²) in [6, 6.07) is 15.5. The third-order valence-electron chi connectivity index (χ3n) is 4.60. The topological polar surface area (TPSA) is 59.2 Å². The Labute approximate surface area is 156 Å². The van der Waals surface area contributed by atoms with Gasteiger partial charge in [-0.05, 0) is 24.6 Å². The van der Waals surface area contributed by atoms with Crippen molar-refractivity contribution in [2.75, 3.05) is 6.54 Å². The van der Waals surface area contributed by atoms with Crippen molar-refractivity contribution in [3.63, 3.8) is 0 Å². The number of hydrogen-bond donors (Lipinski definition) is 0. The number of rotatable bonds is 4. The second-order valence-electron chi connectivity index (χ2n) is 6.59. The minimum atomic E-state index is -0.0870. The number of carbonyl (C=O) groups is 1. The Balaban J connectivity index is 1.50. The summed E-state index contributed by atoms with van der Waals surface area (Å²) in [6.45, 7) is 3.07. The standard InChI is InChI=1S/C20H18ClN3O2/c1-13-5-4-7-14(9-13)19-22-20(26-23-19)16-10-18(25)24(12-16)11-15-6-2-3-8-17(15)21/h2-9,16H,10-12H2,1H3. The van der Waals surface area contributed by atoms with Gasteiger partial charge in [0.25, 0.3) is 0 Å². The number of nitrogens with zero attached hydrogens (tertiary/aromatic N) is 3. The van der Waals surface area contributed by atoms with Crippen LogP contribution < -0.4 is 0 Å². The van der Waals surface area contributed by atoms with E-state index in [1.54, 1.807) is 4.90 Å². The van der Waals surface area contributed by atoms with Crippen molar-refractivity contribution in [2.24, 2.45) is 0 Å². The minimum absolute atomic E-state index is 0.0743. The molecule has 1 atom stereocenters. The van der Waals surface area contributed by atoms with Gasteiger partial charge in [-0.25, -0.2) is 0 Å². The molecule has 1 saturated heterocycles. The number of benzene rings is 2. The van der Waals surface area contributed by atoms with E-state index in [1.165, 1.54) is 0 Å². The van der Waals surface area contributed by atoms with E-state index in [1.807, 2.05) is 55.5 Å². The number of aromatic nitrogens is 2. The van der Waals surface area contributed by atoms with Crippen LogP contribution in [-0.2, 0) is 11.3 Å². The molecule has 0 aliphatic carbocycles. The van der Waals surface area contributed by atoms with E-state index in [9.17, 15) is 4.79 Å². The zero-order valence-corrected chi connectivity index (χ0v) is 15.1. The molecule has 0 spiro atoms. The lowest BCUT2D eigenvalue weighted by atomic mass is 10.1. The van der Waals surface area contributed by atoms with Crippen LogP contribution in [0.4, 0.5) is 0 Å². The van der Waals surface area contributed by atoms with Gasteiger partial charge in [-0.15, -0.1) is 0 Å². The van der Waals surface area contributed by atoms with E-state index >= 15 is 0 Å². The quantitative estimate of drug-likeness (QED) is 0.693. The molecular formula is C20H18ClN3O2. The molecule has 132 valence electrons. The second-order valence-corrected chi connectivity index (χ2v) is 7.00. The van der Waals surface area contributed by atoms with Crippen molar-refractivity contribution < 1.29 is 9.32 Å². The Bertz CT molecular complexity index is 953. The summed E-state index contributed by atoms with van der Waals surface area (Å²) in [7, 11) is 0. The van der Waals surface area contributed by atoms with E-state index in [2.05, 4.69) is 10.1 Å². The third-order valence-corrected chi connectivity index (χ3v) is 4.97. The lowest BCUT2D eigenvalue weighted by Crippen LogP contribution is -2.24. The molecule has 26 heavy (non-hydrogen) atoms. The number of aryl methyl sites for hydroxylation is 1. The van der Waals surface area contributed by atoms with E-state index in [4.69, 9.17) is 16.1 Å². The summed E-state index contributed by atoms with van der Waals surface area (Å²) in [5.74, 6) is 1.05. The van der Waals surface area contributed by atoms with Gasteiger partial charge < -0.3 is 9.42 Å². The second kappa shape index (κ2) is 6.92. The first kappa shape index (κ1) is 16.8. The highest BCUT2D eigenvalue weighted by Crippen LogP contribution is 2.30. The Kier molecular flexibility index (Phi) is 4.47. The Morgan fingerprint density at radius 3 is 2.88 bits per heavy atom. The van der Waals surface area contributed by atoms with E-state index < -0.39 is 0 Å². The molecule has 1 amide bonds. The number of amides is 1. The van der Waals surface area contributed by atoms with Gasteiger partial charge in [-0.3, -0.25) is 4.79 Å². The van der Waals surface area contributed by atoms with Crippen LogP contribution in [0.2, 0.25) is 5.02 Å². The van der Waals surface area contributed by atoms with E-state index in [0.717, 1.165) is 16.7 Å². The van der Waals surface area contributed by atoms with Gasteiger partial charge in [0.1, 0.15) is 0 Å². The van der Waals surface area contributed by atoms with E-state index in [-0.39, 0.29) is 11.8 Å². The van der Waals surface area contributed by atoms with Crippen LogP contribution in [0.25, 0.3) is 11.4 Å². The molecule has 0 saturated carbocycles. The summed E-state index contributed by atoms with van der Waals surface area (Å²) in [4.78, 5) is 18.7. The zero-order valence-electron chi connectivity index (χ0n) is 14.4. The van der Waals surface area contributed by atoms with Crippen LogP contribution in [0.3, 0.4) is 0 Å². The molecule has 5 nitrogen and oxygen atoms in total. The van der Waals surface area contributed by atoms with Gasteiger partial charge in [0, 0.05) is 30.1 Å². The molecule has 2 aromatic carbocycles. The Hall–Kier alpha value is -2.66. The number of hydrogen-bond acceptors (Lipinski definition) is 4. The van der Waals surface area contributed by atoms with Gasteiger partial charge in [0.05, 0.1) is 5.92 Å². The van der Waals surface area contributed by atoms with Gasteiger partial charge >= 0.3 is 0 Å². The lowest BCUT2D eigenvalue weighted by molar-refractivity contribution is -0.128. The van der Waals surface area contributed by atoms with Crippen LogP contribution in [0.1, 0.15) is 29.4 Å². The van der Waals surface area contributed by atoms with Crippen molar-refractivity contribution in [1.29, 1.82) is 0 Å². The molecule has 1 aliphatic heterocycles. The van der Waals surface area contributed by atoms with E-state index in [0.29, 0.717) is 36.2 Å². The fourth-order valence-electron chi connectivity index (χ4n) is 3.23. The Morgan fingerprint density at radius 1 is 1.23 bits per heavy atom. The molecule has 3 aromatic rings. The number of halogens is 1. The van der Waals surface area contributed by atoms with Gasteiger partial charge in [0.15, 0.2) is 0 Å². The fourth-order valence-corrected chi connectivity index (χ4v) is 3.42. The van der Waals surface area contributed by atoms with Crippen molar-refractivity contribution in [1.82, 2.24) is 15.0 Å². The van der Waals surface area contributed by atoms with Crippen molar-refractivity contribution in [2.45, 2.75) is 25.8 Å². The fraction of sp³-hybridized carbons (Fsp3) is 0.250. The SMILES string of the molecule is Cc1cccc(-c2noc(C3CC(=O)N(Cc4ccccc4Cl)C3)n2)c1. The normalized spacial score (nSPS) is 17.1. The molecule has 0 radical (unpaired) electrons. The number of carbonyl (C=O) groups excluding carboxylic acids is 1. The van der Waals surface area contributed by atoms with Crippen LogP contribution in [-0.4, -0.2) is 27.5 Å². The highest BCUT2D eigenvalue weighted by molar-refractivity contribution is 6.31. The zero-order chi connectivity index (χ0) is 18.1. The molecule has 1 aliphatic rings. The Morgan fingerprint density at radius 2 is 2.08 bits per heavy atom. The van der Waals surface area contributed by atoms with Crippen LogP contribution in [0, 0.1) is 6.92 Å². The summed E-state index contributed by atoms with van der Waals surface area (Å²) >= 11 is 6.21. The maximum Gasteiger partial charge on any atom is 0.232 e. The van der Waals surface area contributed by atoms with Crippen molar-refractivity contribution in [3.8, 4) is 11.4 Å². The maximum absolute atomic E-state index is 12.4. The molecule has 0 bridgehead atoms. The lowest BCUT2D eigenvalue weighted by Gasteiger charge is -2.16. The smallest absolute Gasteiger partial charge is 0.232 e. The van der Waals surface area contributed by atoms with Crippen LogP contribution in [0.15, 0.2) is 53.1 Å². The summed E-state index contributed by atoms with van der Waals surface area (Å²) in [5, 5.41) is 4.75. The molecule has 1 unspecified atom stereocenters. The first-order valence-corrected chi connectivity index (χ1v) is 8.90. The summed E-state index contributed by atoms with van der Waals surface area (Å²) in [5.41, 5.74) is 2.99. The molecule has 4 rings (SSSR count). The summed E-state index contributed by atoms with van der Waals surface area (Å²) in [6.07, 6.45) is 0.375.